The molecule has 0 aromatic heterocycles. The van der Waals surface area contributed by atoms with Gasteiger partial charge in [0.25, 0.3) is 5.91 Å². The second kappa shape index (κ2) is 9.65. The van der Waals surface area contributed by atoms with E-state index in [-0.39, 0.29) is 18.2 Å². The Bertz CT molecular complexity index is 1070. The second-order valence-corrected chi connectivity index (χ2v) is 6.61. The normalized spacial score (nSPS) is 11.1. The van der Waals surface area contributed by atoms with Crippen LogP contribution in [0.15, 0.2) is 71.8 Å². The van der Waals surface area contributed by atoms with Crippen molar-refractivity contribution in [3.63, 3.8) is 0 Å². The van der Waals surface area contributed by atoms with Gasteiger partial charge in [0.05, 0.1) is 11.4 Å². The van der Waals surface area contributed by atoms with Crippen molar-refractivity contribution >= 4 is 23.0 Å². The van der Waals surface area contributed by atoms with E-state index in [1.165, 1.54) is 6.07 Å². The highest BCUT2D eigenvalue weighted by molar-refractivity contribution is 5.99. The monoisotopic (exact) mass is 409 g/mol. The topological polar surface area (TPSA) is 62.7 Å². The van der Waals surface area contributed by atoms with Gasteiger partial charge in [-0.1, -0.05) is 18.2 Å². The van der Waals surface area contributed by atoms with Gasteiger partial charge in [-0.05, 0) is 67.4 Å². The molecule has 0 aliphatic rings. The van der Waals surface area contributed by atoms with Crippen LogP contribution in [-0.4, -0.2) is 18.2 Å². The number of hydrazone groups is 1. The molecular weight excluding hydrogens is 388 g/mol. The lowest BCUT2D eigenvalue weighted by molar-refractivity contribution is -0.118. The minimum atomic E-state index is -0.723. The van der Waals surface area contributed by atoms with Crippen LogP contribution in [-0.2, 0) is 4.79 Å². The van der Waals surface area contributed by atoms with Gasteiger partial charge < -0.3 is 10.1 Å². The van der Waals surface area contributed by atoms with E-state index in [0.717, 1.165) is 28.9 Å². The highest BCUT2D eigenvalue weighted by Gasteiger charge is 2.07. The van der Waals surface area contributed by atoms with Gasteiger partial charge in [0, 0.05) is 11.8 Å². The molecule has 30 heavy (non-hydrogen) atoms. The third-order valence-corrected chi connectivity index (χ3v) is 4.34. The number of rotatable bonds is 7. The maximum atomic E-state index is 13.6. The Morgan fingerprint density at radius 3 is 2.43 bits per heavy atom. The quantitative estimate of drug-likeness (QED) is 0.420. The number of nitrogens with one attached hydrogen (secondary N) is 2. The van der Waals surface area contributed by atoms with Crippen molar-refractivity contribution < 1.29 is 18.3 Å². The molecule has 0 radical (unpaired) electrons. The van der Waals surface area contributed by atoms with Crippen LogP contribution in [0.2, 0.25) is 0 Å². The number of amides is 1. The number of nitrogens with zero attached hydrogens (tertiary/aromatic N) is 1. The predicted octanol–water partition coefficient (Wildman–Crippen LogP) is 5.13. The average molecular weight is 409 g/mol. The van der Waals surface area contributed by atoms with Gasteiger partial charge in [0.15, 0.2) is 12.4 Å². The third kappa shape index (κ3) is 5.64. The molecule has 0 unspecified atom stereocenters. The Morgan fingerprint density at radius 1 is 1.00 bits per heavy atom. The number of hydrogen-bond acceptors (Lipinski definition) is 4. The fourth-order valence-electron chi connectivity index (χ4n) is 2.63. The van der Waals surface area contributed by atoms with Crippen LogP contribution in [0.5, 0.6) is 5.75 Å². The van der Waals surface area contributed by atoms with E-state index in [1.54, 1.807) is 31.2 Å². The summed E-state index contributed by atoms with van der Waals surface area (Å²) in [6.45, 7) is 3.55. The van der Waals surface area contributed by atoms with E-state index >= 15 is 0 Å². The standard InChI is InChI=1S/C23H21F2N3O2/c1-15-5-3-4-6-21(15)26-23(29)14-30-19-10-7-17(8-11-19)16(2)27-28-22-12-9-18(24)13-20(22)25/h3-13,28H,14H2,1-2H3,(H,26,29)/b27-16-. The first-order valence-corrected chi connectivity index (χ1v) is 9.26. The van der Waals surface area contributed by atoms with E-state index in [0.29, 0.717) is 11.5 Å². The van der Waals surface area contributed by atoms with E-state index in [1.807, 2.05) is 31.2 Å². The molecule has 0 aliphatic heterocycles. The van der Waals surface area contributed by atoms with Gasteiger partial charge in [0.2, 0.25) is 0 Å². The summed E-state index contributed by atoms with van der Waals surface area (Å²) in [5, 5.41) is 6.92. The van der Waals surface area contributed by atoms with Crippen LogP contribution in [0.4, 0.5) is 20.2 Å². The van der Waals surface area contributed by atoms with Gasteiger partial charge in [-0.2, -0.15) is 5.10 Å². The number of carbonyl (C=O) groups excluding carboxylic acids is 1. The molecule has 0 spiro atoms. The zero-order valence-corrected chi connectivity index (χ0v) is 16.6. The molecule has 0 aliphatic carbocycles. The van der Waals surface area contributed by atoms with E-state index in [4.69, 9.17) is 4.74 Å². The maximum absolute atomic E-state index is 13.6. The smallest absolute Gasteiger partial charge is 0.262 e. The number of aryl methyl sites for hydroxylation is 1. The third-order valence-electron chi connectivity index (χ3n) is 4.34. The molecule has 3 aromatic carbocycles. The summed E-state index contributed by atoms with van der Waals surface area (Å²) in [7, 11) is 0. The summed E-state index contributed by atoms with van der Waals surface area (Å²) in [5.74, 6) is -1.10. The largest absolute Gasteiger partial charge is 0.484 e. The summed E-state index contributed by atoms with van der Waals surface area (Å²) in [6, 6.07) is 17.7. The molecule has 154 valence electrons. The lowest BCUT2D eigenvalue weighted by Gasteiger charge is -2.10. The van der Waals surface area contributed by atoms with Crippen LogP contribution < -0.4 is 15.5 Å². The minimum absolute atomic E-state index is 0.0790. The average Bonchev–Trinajstić information content (AvgIpc) is 2.73. The molecule has 3 aromatic rings. The Hall–Kier alpha value is -3.74. The Labute approximate surface area is 173 Å². The highest BCUT2D eigenvalue weighted by Crippen LogP contribution is 2.17. The van der Waals surface area contributed by atoms with Crippen LogP contribution in [0.1, 0.15) is 18.1 Å². The van der Waals surface area contributed by atoms with Crippen molar-refractivity contribution in [3.8, 4) is 5.75 Å². The van der Waals surface area contributed by atoms with Crippen molar-refractivity contribution in [1.82, 2.24) is 0 Å². The molecule has 7 heteroatoms. The van der Waals surface area contributed by atoms with E-state index < -0.39 is 11.6 Å². The van der Waals surface area contributed by atoms with Crippen LogP contribution in [0, 0.1) is 18.6 Å². The molecule has 0 bridgehead atoms. The number of hydrogen-bond donors (Lipinski definition) is 2. The summed E-state index contributed by atoms with van der Waals surface area (Å²) < 4.78 is 32.1. The van der Waals surface area contributed by atoms with Crippen LogP contribution >= 0.6 is 0 Å². The lowest BCUT2D eigenvalue weighted by atomic mass is 10.1. The Morgan fingerprint density at radius 2 is 1.73 bits per heavy atom. The Balaban J connectivity index is 1.55. The summed E-state index contributed by atoms with van der Waals surface area (Å²) in [6.07, 6.45) is 0. The molecule has 1 amide bonds. The Kier molecular flexibility index (Phi) is 6.75. The van der Waals surface area contributed by atoms with Crippen molar-refractivity contribution in [2.45, 2.75) is 13.8 Å². The molecular formula is C23H21F2N3O2. The number of halogens is 2. The van der Waals surface area contributed by atoms with Crippen molar-refractivity contribution in [2.75, 3.05) is 17.3 Å². The van der Waals surface area contributed by atoms with Crippen molar-refractivity contribution in [3.05, 3.63) is 89.5 Å². The van der Waals surface area contributed by atoms with Gasteiger partial charge >= 0.3 is 0 Å². The highest BCUT2D eigenvalue weighted by atomic mass is 19.1. The van der Waals surface area contributed by atoms with Crippen LogP contribution in [0.25, 0.3) is 0 Å². The molecule has 0 fully saturated rings. The first-order chi connectivity index (χ1) is 14.4. The fourth-order valence-corrected chi connectivity index (χ4v) is 2.63. The lowest BCUT2D eigenvalue weighted by Crippen LogP contribution is -2.20. The number of benzene rings is 3. The number of carbonyl (C=O) groups is 1. The predicted molar refractivity (Wildman–Crippen MR) is 114 cm³/mol. The molecule has 2 N–H and O–H groups in total. The van der Waals surface area contributed by atoms with Crippen LogP contribution in [0.3, 0.4) is 0 Å². The molecule has 0 atom stereocenters. The number of anilines is 2. The zero-order chi connectivity index (χ0) is 21.5. The number of para-hydroxylation sites is 1. The summed E-state index contributed by atoms with van der Waals surface area (Å²) >= 11 is 0. The van der Waals surface area contributed by atoms with E-state index in [2.05, 4.69) is 15.8 Å². The molecule has 0 saturated heterocycles. The fraction of sp³-hybridized carbons (Fsp3) is 0.130. The van der Waals surface area contributed by atoms with Gasteiger partial charge in [0.1, 0.15) is 11.6 Å². The molecule has 0 heterocycles. The van der Waals surface area contributed by atoms with Crippen molar-refractivity contribution in [1.29, 1.82) is 0 Å². The molecule has 0 saturated carbocycles. The summed E-state index contributed by atoms with van der Waals surface area (Å²) in [4.78, 5) is 12.1. The molecule has 5 nitrogen and oxygen atoms in total. The van der Waals surface area contributed by atoms with Gasteiger partial charge in [-0.25, -0.2) is 8.78 Å². The van der Waals surface area contributed by atoms with E-state index in [9.17, 15) is 13.6 Å². The zero-order valence-electron chi connectivity index (χ0n) is 16.6. The molecule has 3 rings (SSSR count). The SMILES string of the molecule is C/C(=N/Nc1ccc(F)cc1F)c1ccc(OCC(=O)Nc2ccccc2C)cc1. The number of ether oxygens (including phenoxy) is 1. The second-order valence-electron chi connectivity index (χ2n) is 6.61. The van der Waals surface area contributed by atoms with Gasteiger partial charge in [-0.3, -0.25) is 10.2 Å². The first-order valence-electron chi connectivity index (χ1n) is 9.26. The van der Waals surface area contributed by atoms with Gasteiger partial charge in [-0.15, -0.1) is 0 Å². The maximum Gasteiger partial charge on any atom is 0.262 e. The first kappa shape index (κ1) is 21.0. The minimum Gasteiger partial charge on any atom is -0.484 e. The van der Waals surface area contributed by atoms with Crippen molar-refractivity contribution in [2.24, 2.45) is 5.10 Å². The summed E-state index contributed by atoms with van der Waals surface area (Å²) in [5.41, 5.74) is 5.76.